The normalized spacial score (nSPS) is 16.1. The quantitative estimate of drug-likeness (QED) is 0.340. The summed E-state index contributed by atoms with van der Waals surface area (Å²) < 4.78 is 7.19. The Hall–Kier alpha value is -3.45. The van der Waals surface area contributed by atoms with Crippen LogP contribution < -0.4 is 5.56 Å². The molecule has 0 saturated carbocycles. The summed E-state index contributed by atoms with van der Waals surface area (Å²) in [6, 6.07) is 16.9. The Balaban J connectivity index is 1.73. The maximum Gasteiger partial charge on any atom is 0.261 e. The molecule has 5 rings (SSSR count). The molecule has 2 aromatic carbocycles. The molecule has 0 aliphatic carbocycles. The Bertz CT molecular complexity index is 1500. The topological polar surface area (TPSA) is 76.5 Å². The average molecular weight is 504 g/mol. The first-order valence-corrected chi connectivity index (χ1v) is 12.5. The lowest BCUT2D eigenvalue weighted by Crippen LogP contribution is -2.42. The first-order valence-electron chi connectivity index (χ1n) is 12.2. The largest absolute Gasteiger partial charge is 0.361 e. The van der Waals surface area contributed by atoms with Gasteiger partial charge in [0.25, 0.3) is 5.56 Å². The van der Waals surface area contributed by atoms with Gasteiger partial charge >= 0.3 is 0 Å². The molecule has 2 aromatic heterocycles. The molecule has 1 aliphatic heterocycles. The van der Waals surface area contributed by atoms with E-state index < -0.39 is 0 Å². The van der Waals surface area contributed by atoms with E-state index in [2.05, 4.69) is 37.8 Å². The highest BCUT2D eigenvalue weighted by atomic mass is 35.5. The molecule has 0 N–H and O–H groups in total. The number of fused-ring (bicyclic) bond motifs is 1. The maximum atomic E-state index is 13.9. The molecule has 0 bridgehead atoms. The standard InChI is InChI=1S/C28H30ClN5O2/c1-17(2)24(34-16-28(4,5)31-25(34)23-13-18(3)36-32-23)26-30-22-14-20(29)11-12-21(22)27(35)33(26)15-19-9-7-6-8-10-19/h6-14,17,24H,15-16H2,1-5H3. The van der Waals surface area contributed by atoms with Crippen molar-refractivity contribution in [3.63, 3.8) is 0 Å². The van der Waals surface area contributed by atoms with Crippen molar-refractivity contribution in [2.45, 2.75) is 52.7 Å². The highest BCUT2D eigenvalue weighted by Crippen LogP contribution is 2.36. The molecule has 3 heterocycles. The molecule has 36 heavy (non-hydrogen) atoms. The van der Waals surface area contributed by atoms with Crippen LogP contribution in [0.1, 0.15) is 56.6 Å². The molecule has 1 aliphatic rings. The highest BCUT2D eigenvalue weighted by molar-refractivity contribution is 6.31. The fraction of sp³-hybridized carbons (Fsp3) is 0.357. The van der Waals surface area contributed by atoms with Gasteiger partial charge in [0.1, 0.15) is 17.3 Å². The summed E-state index contributed by atoms with van der Waals surface area (Å²) >= 11 is 6.31. The van der Waals surface area contributed by atoms with Crippen molar-refractivity contribution in [3.05, 3.63) is 92.8 Å². The third kappa shape index (κ3) is 4.55. The molecule has 0 radical (unpaired) electrons. The summed E-state index contributed by atoms with van der Waals surface area (Å²) in [7, 11) is 0. The van der Waals surface area contributed by atoms with E-state index in [0.29, 0.717) is 40.5 Å². The lowest BCUT2D eigenvalue weighted by molar-refractivity contribution is 0.225. The van der Waals surface area contributed by atoms with Crippen LogP contribution in [0.25, 0.3) is 10.9 Å². The van der Waals surface area contributed by atoms with Crippen LogP contribution in [0.3, 0.4) is 0 Å². The fourth-order valence-electron chi connectivity index (χ4n) is 4.94. The van der Waals surface area contributed by atoms with Gasteiger partial charge in [0.05, 0.1) is 29.0 Å². The van der Waals surface area contributed by atoms with Gasteiger partial charge in [-0.25, -0.2) is 4.98 Å². The Morgan fingerprint density at radius 2 is 1.86 bits per heavy atom. The molecule has 1 atom stereocenters. The predicted octanol–water partition coefficient (Wildman–Crippen LogP) is 5.63. The third-order valence-corrected chi connectivity index (χ3v) is 6.69. The van der Waals surface area contributed by atoms with Crippen molar-refractivity contribution in [1.82, 2.24) is 19.6 Å². The van der Waals surface area contributed by atoms with Gasteiger partial charge in [-0.2, -0.15) is 0 Å². The molecule has 0 fully saturated rings. The van der Waals surface area contributed by atoms with E-state index in [1.54, 1.807) is 22.8 Å². The molecular formula is C28H30ClN5O2. The molecule has 0 saturated heterocycles. The predicted molar refractivity (Wildman–Crippen MR) is 143 cm³/mol. The van der Waals surface area contributed by atoms with Crippen LogP contribution in [0, 0.1) is 12.8 Å². The zero-order valence-corrected chi connectivity index (χ0v) is 22.0. The van der Waals surface area contributed by atoms with E-state index in [1.165, 1.54) is 0 Å². The van der Waals surface area contributed by atoms with E-state index >= 15 is 0 Å². The smallest absolute Gasteiger partial charge is 0.261 e. The first kappa shape index (κ1) is 24.3. The Labute approximate surface area is 215 Å². The van der Waals surface area contributed by atoms with Crippen LogP contribution in [0.5, 0.6) is 0 Å². The van der Waals surface area contributed by atoms with Crippen molar-refractivity contribution < 1.29 is 4.52 Å². The van der Waals surface area contributed by atoms with Crippen molar-refractivity contribution in [3.8, 4) is 0 Å². The molecule has 186 valence electrons. The number of rotatable bonds is 6. The highest BCUT2D eigenvalue weighted by Gasteiger charge is 2.40. The van der Waals surface area contributed by atoms with Crippen molar-refractivity contribution in [1.29, 1.82) is 0 Å². The van der Waals surface area contributed by atoms with Gasteiger partial charge in [-0.15, -0.1) is 0 Å². The number of halogens is 1. The summed E-state index contributed by atoms with van der Waals surface area (Å²) in [5.74, 6) is 2.27. The van der Waals surface area contributed by atoms with Crippen LogP contribution in [0.15, 0.2) is 68.9 Å². The second-order valence-electron chi connectivity index (χ2n) is 10.4. The lowest BCUT2D eigenvalue weighted by atomic mass is 9.98. The number of aliphatic imine (C=N–C) groups is 1. The molecule has 4 aromatic rings. The van der Waals surface area contributed by atoms with Crippen molar-refractivity contribution >= 4 is 28.3 Å². The summed E-state index contributed by atoms with van der Waals surface area (Å²) in [6.07, 6.45) is 0. The second kappa shape index (κ2) is 9.21. The van der Waals surface area contributed by atoms with Gasteiger partial charge in [-0.05, 0) is 50.5 Å². The minimum atomic E-state index is -0.333. The fourth-order valence-corrected chi connectivity index (χ4v) is 5.10. The minimum Gasteiger partial charge on any atom is -0.361 e. The van der Waals surface area contributed by atoms with Gasteiger partial charge < -0.3 is 9.42 Å². The number of amidine groups is 1. The second-order valence-corrected chi connectivity index (χ2v) is 10.8. The zero-order chi connectivity index (χ0) is 25.6. The number of hydrogen-bond donors (Lipinski definition) is 0. The van der Waals surface area contributed by atoms with Crippen LogP contribution in [0.4, 0.5) is 0 Å². The summed E-state index contributed by atoms with van der Waals surface area (Å²) in [5, 5.41) is 5.36. The molecule has 0 amide bonds. The van der Waals surface area contributed by atoms with Crippen LogP contribution in [-0.4, -0.2) is 37.5 Å². The molecule has 7 nitrogen and oxygen atoms in total. The Kier molecular flexibility index (Phi) is 6.20. The van der Waals surface area contributed by atoms with E-state index in [0.717, 1.165) is 17.2 Å². The van der Waals surface area contributed by atoms with E-state index in [1.807, 2.05) is 43.3 Å². The SMILES string of the molecule is Cc1cc(C2=NC(C)(C)CN2C(c2nc3cc(Cl)ccc3c(=O)n2Cc2ccccc2)C(C)C)no1. The number of aromatic nitrogens is 3. The van der Waals surface area contributed by atoms with E-state index in [4.69, 9.17) is 26.1 Å². The van der Waals surface area contributed by atoms with Gasteiger partial charge in [-0.3, -0.25) is 14.4 Å². The lowest BCUT2D eigenvalue weighted by Gasteiger charge is -2.35. The minimum absolute atomic E-state index is 0.0876. The number of aryl methyl sites for hydroxylation is 1. The van der Waals surface area contributed by atoms with Gasteiger partial charge in [0, 0.05) is 17.6 Å². The molecular weight excluding hydrogens is 474 g/mol. The molecule has 1 unspecified atom stereocenters. The Morgan fingerprint density at radius 3 is 2.53 bits per heavy atom. The summed E-state index contributed by atoms with van der Waals surface area (Å²) in [5.41, 5.74) is 1.88. The zero-order valence-electron chi connectivity index (χ0n) is 21.2. The number of nitrogens with zero attached hydrogens (tertiary/aromatic N) is 5. The Morgan fingerprint density at radius 1 is 1.11 bits per heavy atom. The summed E-state index contributed by atoms with van der Waals surface area (Å²) in [6.45, 7) is 11.4. The van der Waals surface area contributed by atoms with Crippen molar-refractivity contribution in [2.24, 2.45) is 10.9 Å². The van der Waals surface area contributed by atoms with Gasteiger partial charge in [0.2, 0.25) is 0 Å². The summed E-state index contributed by atoms with van der Waals surface area (Å²) in [4.78, 5) is 26.2. The van der Waals surface area contributed by atoms with Gasteiger partial charge in [-0.1, -0.05) is 60.9 Å². The first-order chi connectivity index (χ1) is 17.1. The molecule has 8 heteroatoms. The van der Waals surface area contributed by atoms with Gasteiger partial charge in [0.15, 0.2) is 5.84 Å². The van der Waals surface area contributed by atoms with Crippen LogP contribution in [0.2, 0.25) is 5.02 Å². The average Bonchev–Trinajstić information content (AvgIpc) is 3.39. The molecule has 0 spiro atoms. The number of benzene rings is 2. The van der Waals surface area contributed by atoms with Crippen LogP contribution in [-0.2, 0) is 6.54 Å². The number of hydrogen-bond acceptors (Lipinski definition) is 6. The van der Waals surface area contributed by atoms with Crippen LogP contribution >= 0.6 is 11.6 Å². The van der Waals surface area contributed by atoms with E-state index in [-0.39, 0.29) is 23.1 Å². The van der Waals surface area contributed by atoms with Crippen molar-refractivity contribution in [2.75, 3.05) is 6.54 Å². The maximum absolute atomic E-state index is 13.9. The third-order valence-electron chi connectivity index (χ3n) is 6.46. The van der Waals surface area contributed by atoms with E-state index in [9.17, 15) is 4.79 Å². The monoisotopic (exact) mass is 503 g/mol.